The summed E-state index contributed by atoms with van der Waals surface area (Å²) in [6.07, 6.45) is 4.01. The molecule has 2 N–H and O–H groups in total. The molecule has 2 rings (SSSR count). The number of benzene rings is 1. The summed E-state index contributed by atoms with van der Waals surface area (Å²) >= 11 is 0. The average molecular weight is 339 g/mol. The summed E-state index contributed by atoms with van der Waals surface area (Å²) in [6.45, 7) is 6.69. The number of aromatic nitrogens is 1. The number of anilines is 1. The zero-order chi connectivity index (χ0) is 18.2. The van der Waals surface area contributed by atoms with E-state index in [1.807, 2.05) is 25.1 Å². The first-order chi connectivity index (χ1) is 12.1. The van der Waals surface area contributed by atoms with E-state index in [1.54, 1.807) is 6.07 Å². The summed E-state index contributed by atoms with van der Waals surface area (Å²) < 4.78 is 0. The summed E-state index contributed by atoms with van der Waals surface area (Å²) in [5.41, 5.74) is 3.74. The Hall–Kier alpha value is -2.69. The SMILES string of the molecule is CCCNC(=O)c1cc(C(=O)Nc2c(CC)cccc2CC)ccn1. The molecule has 0 saturated carbocycles. The first kappa shape index (κ1) is 18.6. The van der Waals surface area contributed by atoms with Crippen LogP contribution in [0.1, 0.15) is 59.2 Å². The number of hydrogen-bond acceptors (Lipinski definition) is 3. The van der Waals surface area contributed by atoms with E-state index in [4.69, 9.17) is 0 Å². The summed E-state index contributed by atoms with van der Waals surface area (Å²) in [4.78, 5) is 28.8. The normalized spacial score (nSPS) is 10.4. The summed E-state index contributed by atoms with van der Waals surface area (Å²) in [6, 6.07) is 9.19. The Morgan fingerprint density at radius 3 is 2.28 bits per heavy atom. The third kappa shape index (κ3) is 4.66. The molecule has 0 radical (unpaired) electrons. The van der Waals surface area contributed by atoms with E-state index in [-0.39, 0.29) is 17.5 Å². The van der Waals surface area contributed by atoms with Gasteiger partial charge in [-0.1, -0.05) is 39.0 Å². The molecule has 0 unspecified atom stereocenters. The molecule has 2 amide bonds. The van der Waals surface area contributed by atoms with Crippen LogP contribution >= 0.6 is 0 Å². The Labute approximate surface area is 148 Å². The van der Waals surface area contributed by atoms with Crippen molar-refractivity contribution in [3.05, 3.63) is 58.9 Å². The molecule has 5 heteroatoms. The van der Waals surface area contributed by atoms with Gasteiger partial charge >= 0.3 is 0 Å². The van der Waals surface area contributed by atoms with Gasteiger partial charge in [-0.25, -0.2) is 0 Å². The molecule has 0 aliphatic rings. The molecule has 0 spiro atoms. The molecule has 1 aromatic heterocycles. The largest absolute Gasteiger partial charge is 0.351 e. The number of hydrogen-bond donors (Lipinski definition) is 2. The van der Waals surface area contributed by atoms with E-state index in [9.17, 15) is 9.59 Å². The standard InChI is InChI=1S/C20H25N3O2/c1-4-11-22-20(25)17-13-16(10-12-21-17)19(24)23-18-14(5-2)8-7-9-15(18)6-3/h7-10,12-13H,4-6,11H2,1-3H3,(H,22,25)(H,23,24). The van der Waals surface area contributed by atoms with Crippen molar-refractivity contribution < 1.29 is 9.59 Å². The summed E-state index contributed by atoms with van der Waals surface area (Å²) in [7, 11) is 0. The smallest absolute Gasteiger partial charge is 0.269 e. The van der Waals surface area contributed by atoms with Crippen LogP contribution in [0, 0.1) is 0 Å². The predicted octanol–water partition coefficient (Wildman–Crippen LogP) is 3.60. The molecule has 0 aliphatic carbocycles. The number of nitrogens with one attached hydrogen (secondary N) is 2. The fourth-order valence-corrected chi connectivity index (χ4v) is 2.61. The molecule has 0 saturated heterocycles. The molecule has 0 bridgehead atoms. The molecule has 1 heterocycles. The highest BCUT2D eigenvalue weighted by Crippen LogP contribution is 2.23. The van der Waals surface area contributed by atoms with Crippen LogP contribution in [-0.4, -0.2) is 23.3 Å². The first-order valence-electron chi connectivity index (χ1n) is 8.77. The monoisotopic (exact) mass is 339 g/mol. The second kappa shape index (κ2) is 8.97. The lowest BCUT2D eigenvalue weighted by atomic mass is 10.0. The van der Waals surface area contributed by atoms with Crippen LogP contribution in [0.5, 0.6) is 0 Å². The van der Waals surface area contributed by atoms with Crippen LogP contribution in [0.25, 0.3) is 0 Å². The fourth-order valence-electron chi connectivity index (χ4n) is 2.61. The number of amides is 2. The topological polar surface area (TPSA) is 71.1 Å². The van der Waals surface area contributed by atoms with Crippen molar-refractivity contribution in [3.63, 3.8) is 0 Å². The Morgan fingerprint density at radius 2 is 1.68 bits per heavy atom. The molecule has 0 atom stereocenters. The van der Waals surface area contributed by atoms with Crippen molar-refractivity contribution in [3.8, 4) is 0 Å². The second-order valence-corrected chi connectivity index (χ2v) is 5.80. The molecule has 2 aromatic rings. The highest BCUT2D eigenvalue weighted by Gasteiger charge is 2.14. The van der Waals surface area contributed by atoms with Crippen LogP contribution < -0.4 is 10.6 Å². The maximum absolute atomic E-state index is 12.7. The van der Waals surface area contributed by atoms with E-state index >= 15 is 0 Å². The number of carbonyl (C=O) groups is 2. The van der Waals surface area contributed by atoms with Gasteiger partial charge in [-0.2, -0.15) is 0 Å². The molecule has 0 aliphatic heterocycles. The minimum atomic E-state index is -0.264. The van der Waals surface area contributed by atoms with Gasteiger partial charge in [0.2, 0.25) is 0 Å². The Bertz CT molecular complexity index is 734. The highest BCUT2D eigenvalue weighted by molar-refractivity contribution is 6.06. The zero-order valence-electron chi connectivity index (χ0n) is 15.1. The second-order valence-electron chi connectivity index (χ2n) is 5.80. The van der Waals surface area contributed by atoms with Gasteiger partial charge < -0.3 is 10.6 Å². The van der Waals surface area contributed by atoms with E-state index in [1.165, 1.54) is 12.3 Å². The van der Waals surface area contributed by atoms with Gasteiger partial charge in [-0.15, -0.1) is 0 Å². The molecule has 0 fully saturated rings. The quantitative estimate of drug-likeness (QED) is 0.809. The van der Waals surface area contributed by atoms with Crippen LogP contribution in [0.4, 0.5) is 5.69 Å². The molecular formula is C20H25N3O2. The number of rotatable bonds is 7. The Morgan fingerprint density at radius 1 is 1.00 bits per heavy atom. The molecular weight excluding hydrogens is 314 g/mol. The summed E-state index contributed by atoms with van der Waals surface area (Å²) in [5, 5.41) is 5.78. The first-order valence-corrected chi connectivity index (χ1v) is 8.77. The number of carbonyl (C=O) groups excluding carboxylic acids is 2. The van der Waals surface area contributed by atoms with Gasteiger partial charge in [0.05, 0.1) is 0 Å². The van der Waals surface area contributed by atoms with Crippen LogP contribution in [0.2, 0.25) is 0 Å². The van der Waals surface area contributed by atoms with Crippen molar-refractivity contribution in [1.29, 1.82) is 0 Å². The third-order valence-corrected chi connectivity index (χ3v) is 4.03. The zero-order valence-corrected chi connectivity index (χ0v) is 15.1. The van der Waals surface area contributed by atoms with E-state index in [0.29, 0.717) is 12.1 Å². The van der Waals surface area contributed by atoms with Crippen LogP contribution in [0.3, 0.4) is 0 Å². The van der Waals surface area contributed by atoms with Gasteiger partial charge in [0, 0.05) is 24.0 Å². The maximum Gasteiger partial charge on any atom is 0.269 e. The Kier molecular flexibility index (Phi) is 6.69. The Balaban J connectivity index is 2.23. The van der Waals surface area contributed by atoms with E-state index in [2.05, 4.69) is 29.5 Å². The number of para-hydroxylation sites is 1. The maximum atomic E-state index is 12.7. The molecule has 132 valence electrons. The number of nitrogens with zero attached hydrogens (tertiary/aromatic N) is 1. The van der Waals surface area contributed by atoms with Gasteiger partial charge in [0.25, 0.3) is 11.8 Å². The minimum Gasteiger partial charge on any atom is -0.351 e. The molecule has 25 heavy (non-hydrogen) atoms. The summed E-state index contributed by atoms with van der Waals surface area (Å²) in [5.74, 6) is -0.498. The third-order valence-electron chi connectivity index (χ3n) is 4.03. The van der Waals surface area contributed by atoms with E-state index in [0.717, 1.165) is 36.1 Å². The van der Waals surface area contributed by atoms with Crippen molar-refractivity contribution in [2.75, 3.05) is 11.9 Å². The van der Waals surface area contributed by atoms with Crippen LogP contribution in [0.15, 0.2) is 36.5 Å². The lowest BCUT2D eigenvalue weighted by Gasteiger charge is -2.14. The average Bonchev–Trinajstić information content (AvgIpc) is 2.66. The van der Waals surface area contributed by atoms with Crippen LogP contribution in [-0.2, 0) is 12.8 Å². The van der Waals surface area contributed by atoms with E-state index < -0.39 is 0 Å². The minimum absolute atomic E-state index is 0.234. The van der Waals surface area contributed by atoms with Crippen molar-refractivity contribution in [2.24, 2.45) is 0 Å². The molecule has 1 aromatic carbocycles. The van der Waals surface area contributed by atoms with Gasteiger partial charge in [-0.3, -0.25) is 14.6 Å². The molecule has 5 nitrogen and oxygen atoms in total. The number of pyridine rings is 1. The fraction of sp³-hybridized carbons (Fsp3) is 0.350. The predicted molar refractivity (Wildman–Crippen MR) is 100 cm³/mol. The lowest BCUT2D eigenvalue weighted by molar-refractivity contribution is 0.0948. The van der Waals surface area contributed by atoms with Gasteiger partial charge in [0.15, 0.2) is 0 Å². The van der Waals surface area contributed by atoms with Gasteiger partial charge in [-0.05, 0) is 42.5 Å². The highest BCUT2D eigenvalue weighted by atomic mass is 16.2. The van der Waals surface area contributed by atoms with Crippen molar-refractivity contribution >= 4 is 17.5 Å². The van der Waals surface area contributed by atoms with Crippen molar-refractivity contribution in [1.82, 2.24) is 10.3 Å². The van der Waals surface area contributed by atoms with Gasteiger partial charge in [0.1, 0.15) is 5.69 Å². The number of aryl methyl sites for hydroxylation is 2. The lowest BCUT2D eigenvalue weighted by Crippen LogP contribution is -2.25. The van der Waals surface area contributed by atoms with Crippen molar-refractivity contribution in [2.45, 2.75) is 40.0 Å².